The summed E-state index contributed by atoms with van der Waals surface area (Å²) in [6.45, 7) is 4.19. The van der Waals surface area contributed by atoms with Gasteiger partial charge in [-0.2, -0.15) is 0 Å². The van der Waals surface area contributed by atoms with Crippen LogP contribution in [0.2, 0.25) is 0 Å². The average Bonchev–Trinajstić information content (AvgIpc) is 2.84. The summed E-state index contributed by atoms with van der Waals surface area (Å²) in [6.07, 6.45) is 2.06. The zero-order chi connectivity index (χ0) is 11.3. The van der Waals surface area contributed by atoms with Gasteiger partial charge in [-0.15, -0.1) is 0 Å². The highest BCUT2D eigenvalue weighted by Gasteiger charge is 2.53. The van der Waals surface area contributed by atoms with Crippen LogP contribution in [-0.4, -0.2) is 10.6 Å². The van der Waals surface area contributed by atoms with E-state index in [1.54, 1.807) is 6.07 Å². The number of hydrogen-bond donors (Lipinski definition) is 2. The van der Waals surface area contributed by atoms with Crippen molar-refractivity contribution in [2.24, 2.45) is 5.73 Å². The summed E-state index contributed by atoms with van der Waals surface area (Å²) < 4.78 is 0.934. The molecule has 3 heteroatoms. The third-order valence-corrected chi connectivity index (χ3v) is 4.31. The lowest BCUT2D eigenvalue weighted by molar-refractivity contribution is 0.365. The third-order valence-electron chi connectivity index (χ3n) is 3.65. The summed E-state index contributed by atoms with van der Waals surface area (Å²) in [6, 6.07) is 5.49. The Kier molecular flexibility index (Phi) is 2.36. The van der Waals surface area contributed by atoms with E-state index in [1.807, 2.05) is 12.1 Å². The van der Waals surface area contributed by atoms with E-state index in [0.717, 1.165) is 22.9 Å². The molecule has 0 spiro atoms. The second-order valence-corrected chi connectivity index (χ2v) is 5.77. The van der Waals surface area contributed by atoms with Crippen LogP contribution < -0.4 is 5.73 Å². The molecule has 1 aliphatic rings. The highest BCUT2D eigenvalue weighted by molar-refractivity contribution is 9.10. The Morgan fingerprint density at radius 3 is 2.47 bits per heavy atom. The van der Waals surface area contributed by atoms with Crippen molar-refractivity contribution in [2.45, 2.75) is 37.6 Å². The number of nitrogens with two attached hydrogens (primary N) is 1. The summed E-state index contributed by atoms with van der Waals surface area (Å²) in [5.41, 5.74) is 6.83. The van der Waals surface area contributed by atoms with E-state index in [-0.39, 0.29) is 11.0 Å². The van der Waals surface area contributed by atoms with Gasteiger partial charge in [-0.25, -0.2) is 0 Å². The number of rotatable bonds is 2. The predicted molar refractivity (Wildman–Crippen MR) is 65.0 cm³/mol. The van der Waals surface area contributed by atoms with Gasteiger partial charge in [0.15, 0.2) is 0 Å². The lowest BCUT2D eigenvalue weighted by Gasteiger charge is -2.33. The van der Waals surface area contributed by atoms with Gasteiger partial charge in [0, 0.05) is 21.0 Å². The number of aromatic hydroxyl groups is 1. The Balaban J connectivity index is 2.53. The van der Waals surface area contributed by atoms with Crippen LogP contribution in [0.15, 0.2) is 22.7 Å². The first kappa shape index (κ1) is 11.0. The smallest absolute Gasteiger partial charge is 0.120 e. The highest BCUT2D eigenvalue weighted by Crippen LogP contribution is 2.52. The van der Waals surface area contributed by atoms with Gasteiger partial charge < -0.3 is 10.8 Å². The molecule has 1 aromatic rings. The zero-order valence-electron chi connectivity index (χ0n) is 9.05. The van der Waals surface area contributed by atoms with E-state index in [2.05, 4.69) is 29.8 Å². The van der Waals surface area contributed by atoms with Crippen molar-refractivity contribution in [3.05, 3.63) is 28.2 Å². The van der Waals surface area contributed by atoms with Crippen LogP contribution >= 0.6 is 15.9 Å². The van der Waals surface area contributed by atoms with Gasteiger partial charge in [-0.1, -0.05) is 35.8 Å². The molecule has 82 valence electrons. The standard InChI is InChI=1S/C12H16BrNO/c1-11(2,12(14)6-7-12)10-8(13)4-3-5-9(10)15/h3-5,15H,6-7,14H2,1-2H3. The maximum atomic E-state index is 9.93. The second-order valence-electron chi connectivity index (χ2n) is 4.92. The molecular formula is C12H16BrNO. The molecule has 1 aliphatic carbocycles. The molecule has 2 rings (SSSR count). The quantitative estimate of drug-likeness (QED) is 0.868. The fraction of sp³-hybridized carbons (Fsp3) is 0.500. The number of halogens is 1. The van der Waals surface area contributed by atoms with Gasteiger partial charge in [-0.05, 0) is 25.0 Å². The topological polar surface area (TPSA) is 46.2 Å². The van der Waals surface area contributed by atoms with Crippen molar-refractivity contribution in [3.8, 4) is 5.75 Å². The average molecular weight is 270 g/mol. The van der Waals surface area contributed by atoms with E-state index in [1.165, 1.54) is 0 Å². The zero-order valence-corrected chi connectivity index (χ0v) is 10.6. The summed E-state index contributed by atoms with van der Waals surface area (Å²) in [5.74, 6) is 0.325. The Hall–Kier alpha value is -0.540. The highest BCUT2D eigenvalue weighted by atomic mass is 79.9. The molecular weight excluding hydrogens is 254 g/mol. The fourth-order valence-electron chi connectivity index (χ4n) is 2.14. The van der Waals surface area contributed by atoms with Crippen molar-refractivity contribution >= 4 is 15.9 Å². The first-order chi connectivity index (χ1) is 6.88. The van der Waals surface area contributed by atoms with Crippen LogP contribution in [0.25, 0.3) is 0 Å². The first-order valence-electron chi connectivity index (χ1n) is 5.15. The summed E-state index contributed by atoms with van der Waals surface area (Å²) in [7, 11) is 0. The number of benzene rings is 1. The SMILES string of the molecule is CC(C)(c1c(O)cccc1Br)C1(N)CC1. The molecule has 0 saturated heterocycles. The van der Waals surface area contributed by atoms with Crippen LogP contribution in [-0.2, 0) is 5.41 Å². The molecule has 1 fully saturated rings. The van der Waals surface area contributed by atoms with E-state index < -0.39 is 0 Å². The largest absolute Gasteiger partial charge is 0.508 e. The van der Waals surface area contributed by atoms with Crippen molar-refractivity contribution in [1.82, 2.24) is 0 Å². The summed E-state index contributed by atoms with van der Waals surface area (Å²) in [5, 5.41) is 9.93. The fourth-order valence-corrected chi connectivity index (χ4v) is 2.99. The van der Waals surface area contributed by atoms with Crippen molar-refractivity contribution in [3.63, 3.8) is 0 Å². The van der Waals surface area contributed by atoms with Crippen LogP contribution in [0.5, 0.6) is 5.75 Å². The van der Waals surface area contributed by atoms with E-state index in [0.29, 0.717) is 5.75 Å². The lowest BCUT2D eigenvalue weighted by Crippen LogP contribution is -2.43. The molecule has 0 aliphatic heterocycles. The van der Waals surface area contributed by atoms with Crippen molar-refractivity contribution in [2.75, 3.05) is 0 Å². The van der Waals surface area contributed by atoms with Crippen molar-refractivity contribution < 1.29 is 5.11 Å². The number of hydrogen-bond acceptors (Lipinski definition) is 2. The molecule has 3 N–H and O–H groups in total. The van der Waals surface area contributed by atoms with Gasteiger partial charge in [0.1, 0.15) is 5.75 Å². The molecule has 1 aromatic carbocycles. The molecule has 0 radical (unpaired) electrons. The normalized spacial score (nSPS) is 18.9. The Bertz CT molecular complexity index is 376. The van der Waals surface area contributed by atoms with E-state index >= 15 is 0 Å². The molecule has 0 amide bonds. The summed E-state index contributed by atoms with van der Waals surface area (Å²) in [4.78, 5) is 0. The number of phenolic OH excluding ortho intramolecular Hbond substituents is 1. The second kappa shape index (κ2) is 3.22. The predicted octanol–water partition coefficient (Wildman–Crippen LogP) is 2.92. The maximum Gasteiger partial charge on any atom is 0.120 e. The van der Waals surface area contributed by atoms with Crippen LogP contribution in [0.1, 0.15) is 32.3 Å². The minimum atomic E-state index is -0.197. The van der Waals surface area contributed by atoms with Crippen LogP contribution in [0, 0.1) is 0 Å². The third kappa shape index (κ3) is 1.58. The molecule has 1 saturated carbocycles. The first-order valence-corrected chi connectivity index (χ1v) is 5.95. The van der Waals surface area contributed by atoms with Gasteiger partial charge in [-0.3, -0.25) is 0 Å². The minimum Gasteiger partial charge on any atom is -0.508 e. The van der Waals surface area contributed by atoms with Crippen LogP contribution in [0.3, 0.4) is 0 Å². The molecule has 2 nitrogen and oxygen atoms in total. The molecule has 0 unspecified atom stereocenters. The van der Waals surface area contributed by atoms with Gasteiger partial charge >= 0.3 is 0 Å². The van der Waals surface area contributed by atoms with E-state index in [4.69, 9.17) is 5.73 Å². The molecule has 15 heavy (non-hydrogen) atoms. The van der Waals surface area contributed by atoms with Gasteiger partial charge in [0.25, 0.3) is 0 Å². The van der Waals surface area contributed by atoms with Crippen LogP contribution in [0.4, 0.5) is 0 Å². The van der Waals surface area contributed by atoms with Gasteiger partial charge in [0.2, 0.25) is 0 Å². The minimum absolute atomic E-state index is 0.158. The number of phenols is 1. The molecule has 0 atom stereocenters. The van der Waals surface area contributed by atoms with E-state index in [9.17, 15) is 5.11 Å². The lowest BCUT2D eigenvalue weighted by atomic mass is 9.75. The molecule has 0 heterocycles. The molecule has 0 bridgehead atoms. The molecule has 0 aromatic heterocycles. The summed E-state index contributed by atoms with van der Waals surface area (Å²) >= 11 is 3.49. The monoisotopic (exact) mass is 269 g/mol. The Morgan fingerprint density at radius 1 is 1.40 bits per heavy atom. The van der Waals surface area contributed by atoms with Gasteiger partial charge in [0.05, 0.1) is 0 Å². The Labute approximate surface area is 98.6 Å². The maximum absolute atomic E-state index is 9.93. The Morgan fingerprint density at radius 2 is 2.00 bits per heavy atom. The van der Waals surface area contributed by atoms with Crippen molar-refractivity contribution in [1.29, 1.82) is 0 Å².